The molecule has 0 saturated heterocycles. The lowest BCUT2D eigenvalue weighted by molar-refractivity contribution is 0.629. The van der Waals surface area contributed by atoms with Gasteiger partial charge < -0.3 is 21.4 Å². The van der Waals surface area contributed by atoms with Crippen LogP contribution < -0.4 is 22.6 Å². The first kappa shape index (κ1) is 29.9. The Morgan fingerprint density at radius 3 is 1.62 bits per heavy atom. The van der Waals surface area contributed by atoms with Gasteiger partial charge in [0.05, 0.1) is 22.5 Å². The summed E-state index contributed by atoms with van der Waals surface area (Å²) < 4.78 is 27.8. The lowest BCUT2D eigenvalue weighted by Gasteiger charge is -2.12. The first-order valence-corrected chi connectivity index (χ1v) is 12.9. The summed E-state index contributed by atoms with van der Waals surface area (Å²) in [5.41, 5.74) is 14.5. The molecule has 2 heterocycles. The summed E-state index contributed by atoms with van der Waals surface area (Å²) in [4.78, 5) is 29.6. The number of nitrogens with two attached hydrogens (primary N) is 2. The number of aromatic amines is 2. The number of halogens is 4. The van der Waals surface area contributed by atoms with E-state index in [1.54, 1.807) is 6.92 Å². The van der Waals surface area contributed by atoms with Crippen LogP contribution >= 0.6 is 23.2 Å². The van der Waals surface area contributed by atoms with Gasteiger partial charge in [0.2, 0.25) is 0 Å². The van der Waals surface area contributed by atoms with Gasteiger partial charge in [0.1, 0.15) is 11.6 Å². The zero-order valence-corrected chi connectivity index (χ0v) is 23.7. The van der Waals surface area contributed by atoms with Gasteiger partial charge in [-0.05, 0) is 66.8 Å². The quantitative estimate of drug-likeness (QED) is 0.203. The van der Waals surface area contributed by atoms with E-state index in [1.807, 2.05) is 27.7 Å². The second kappa shape index (κ2) is 12.1. The first-order chi connectivity index (χ1) is 18.2. The summed E-state index contributed by atoms with van der Waals surface area (Å²) in [6.45, 7) is 9.38. The lowest BCUT2D eigenvalue weighted by atomic mass is 10.0. The molecular formula is C29H30Cl2F2N4O2. The highest BCUT2D eigenvalue weighted by atomic mass is 35.5. The van der Waals surface area contributed by atoms with Crippen molar-refractivity contribution in [2.24, 2.45) is 0 Å². The minimum atomic E-state index is -0.508. The van der Waals surface area contributed by atoms with E-state index < -0.39 is 11.6 Å². The molecule has 6 nitrogen and oxygen atoms in total. The maximum Gasteiger partial charge on any atom is 0.256 e. The highest BCUT2D eigenvalue weighted by molar-refractivity contribution is 6.31. The topological polar surface area (TPSA) is 118 Å². The molecule has 10 heteroatoms. The fourth-order valence-electron chi connectivity index (χ4n) is 4.03. The van der Waals surface area contributed by atoms with Crippen LogP contribution in [0, 0.1) is 18.6 Å². The first-order valence-electron chi connectivity index (χ1n) is 12.2. The van der Waals surface area contributed by atoms with Crippen LogP contribution in [-0.2, 0) is 0 Å². The van der Waals surface area contributed by atoms with Crippen LogP contribution in [0.15, 0.2) is 52.1 Å². The summed E-state index contributed by atoms with van der Waals surface area (Å²) >= 11 is 11.8. The van der Waals surface area contributed by atoms with E-state index in [-0.39, 0.29) is 45.2 Å². The predicted octanol–water partition coefficient (Wildman–Crippen LogP) is 7.39. The van der Waals surface area contributed by atoms with Crippen molar-refractivity contribution < 1.29 is 8.78 Å². The van der Waals surface area contributed by atoms with Crippen molar-refractivity contribution in [3.05, 3.63) is 102 Å². The average molecular weight is 575 g/mol. The van der Waals surface area contributed by atoms with E-state index in [2.05, 4.69) is 9.97 Å². The van der Waals surface area contributed by atoms with Crippen molar-refractivity contribution in [3.63, 3.8) is 0 Å². The Balaban J connectivity index is 0.000000216. The molecule has 0 aliphatic rings. The molecule has 2 aromatic heterocycles. The number of H-pyrrole nitrogens is 2. The van der Waals surface area contributed by atoms with Gasteiger partial charge in [-0.15, -0.1) is 0 Å². The van der Waals surface area contributed by atoms with Crippen LogP contribution in [-0.4, -0.2) is 9.97 Å². The Kier molecular flexibility index (Phi) is 9.25. The van der Waals surface area contributed by atoms with Gasteiger partial charge in [0, 0.05) is 32.6 Å². The smallest absolute Gasteiger partial charge is 0.256 e. The van der Waals surface area contributed by atoms with E-state index in [0.29, 0.717) is 38.4 Å². The van der Waals surface area contributed by atoms with Gasteiger partial charge >= 0.3 is 0 Å². The third-order valence-corrected chi connectivity index (χ3v) is 6.76. The van der Waals surface area contributed by atoms with E-state index in [9.17, 15) is 18.4 Å². The Bertz CT molecular complexity index is 1650. The molecule has 0 unspecified atom stereocenters. The molecule has 39 heavy (non-hydrogen) atoms. The highest BCUT2D eigenvalue weighted by Gasteiger charge is 2.16. The number of hydrogen-bond donors (Lipinski definition) is 4. The summed E-state index contributed by atoms with van der Waals surface area (Å²) in [7, 11) is 0. The second-order valence-corrected chi connectivity index (χ2v) is 10.6. The number of aryl methyl sites for hydroxylation is 1. The number of hydrogen-bond acceptors (Lipinski definition) is 4. The van der Waals surface area contributed by atoms with Crippen molar-refractivity contribution in [3.8, 4) is 22.3 Å². The van der Waals surface area contributed by atoms with E-state index >= 15 is 0 Å². The fourth-order valence-corrected chi connectivity index (χ4v) is 4.37. The maximum absolute atomic E-state index is 14.0. The number of nitrogens with one attached hydrogen (secondary N) is 2. The molecule has 206 valence electrons. The van der Waals surface area contributed by atoms with Crippen molar-refractivity contribution >= 4 is 34.6 Å². The monoisotopic (exact) mass is 574 g/mol. The molecule has 0 fully saturated rings. The maximum atomic E-state index is 14.0. The number of rotatable bonds is 4. The number of aromatic nitrogens is 2. The highest BCUT2D eigenvalue weighted by Crippen LogP contribution is 2.29. The molecule has 0 saturated carbocycles. The molecule has 0 amide bonds. The van der Waals surface area contributed by atoms with Crippen LogP contribution in [0.3, 0.4) is 0 Å². The Morgan fingerprint density at radius 2 is 1.15 bits per heavy atom. The number of anilines is 2. The second-order valence-electron chi connectivity index (χ2n) is 9.78. The molecule has 0 aliphatic heterocycles. The molecule has 0 bridgehead atoms. The van der Waals surface area contributed by atoms with Crippen LogP contribution in [0.2, 0.25) is 10.0 Å². The van der Waals surface area contributed by atoms with Gasteiger partial charge in [0.15, 0.2) is 0 Å². The third kappa shape index (κ3) is 6.69. The van der Waals surface area contributed by atoms with Crippen LogP contribution in [0.4, 0.5) is 20.2 Å². The number of pyridine rings is 2. The Hall–Kier alpha value is -3.62. The Labute approximate surface area is 235 Å². The van der Waals surface area contributed by atoms with Crippen molar-refractivity contribution in [1.29, 1.82) is 0 Å². The number of benzene rings is 2. The van der Waals surface area contributed by atoms with Gasteiger partial charge in [0.25, 0.3) is 11.1 Å². The van der Waals surface area contributed by atoms with Gasteiger partial charge in [-0.2, -0.15) is 0 Å². The summed E-state index contributed by atoms with van der Waals surface area (Å²) in [6, 6.07) is 9.82. The molecule has 0 aliphatic carbocycles. The van der Waals surface area contributed by atoms with Crippen LogP contribution in [0.1, 0.15) is 56.5 Å². The minimum Gasteiger partial charge on any atom is -0.397 e. The van der Waals surface area contributed by atoms with Crippen LogP contribution in [0.5, 0.6) is 0 Å². The zero-order valence-electron chi connectivity index (χ0n) is 22.2. The van der Waals surface area contributed by atoms with Gasteiger partial charge in [-0.3, -0.25) is 9.59 Å². The largest absolute Gasteiger partial charge is 0.397 e. The summed E-state index contributed by atoms with van der Waals surface area (Å²) in [6.07, 6.45) is 0. The normalized spacial score (nSPS) is 11.1. The van der Waals surface area contributed by atoms with Crippen molar-refractivity contribution in [1.82, 2.24) is 9.97 Å². The molecule has 0 radical (unpaired) electrons. The third-order valence-electron chi connectivity index (χ3n) is 6.12. The molecule has 4 rings (SSSR count). The fraction of sp³-hybridized carbons (Fsp3) is 0.241. The SMILES string of the molecule is CC(C)c1[nH]c(=O)c(-c2cc(Cl)ccc2F)cc1N.Cc1cc(F)c(-c2cc(N)c(C(C)C)[nH]c2=O)cc1Cl. The minimum absolute atomic E-state index is 0.0863. The molecule has 0 spiro atoms. The average Bonchev–Trinajstić information content (AvgIpc) is 2.85. The van der Waals surface area contributed by atoms with Crippen LogP contribution in [0.25, 0.3) is 22.3 Å². The Morgan fingerprint density at radius 1 is 0.692 bits per heavy atom. The molecule has 6 N–H and O–H groups in total. The van der Waals surface area contributed by atoms with E-state index in [4.69, 9.17) is 34.7 Å². The summed E-state index contributed by atoms with van der Waals surface area (Å²) in [5, 5.41) is 0.773. The van der Waals surface area contributed by atoms with Crippen molar-refractivity contribution in [2.45, 2.75) is 46.5 Å². The predicted molar refractivity (Wildman–Crippen MR) is 157 cm³/mol. The molecule has 0 atom stereocenters. The van der Waals surface area contributed by atoms with Gasteiger partial charge in [-0.25, -0.2) is 8.78 Å². The van der Waals surface area contributed by atoms with Crippen molar-refractivity contribution in [2.75, 3.05) is 11.5 Å². The standard InChI is InChI=1S/C15H16ClFN2O.C14H14ClFN2O/c1-7(2)14-13(18)6-10(15(20)19-14)9-5-11(16)8(3)4-12(9)17;1-7(2)13-12(17)6-10(14(19)18-13)9-5-8(15)3-4-11(9)16/h4-7H,18H2,1-3H3,(H,19,20);3-7H,17H2,1-2H3,(H,18,19). The molecule has 2 aromatic carbocycles. The molecular weight excluding hydrogens is 545 g/mol. The molecule has 4 aromatic rings. The zero-order chi connectivity index (χ0) is 29.2. The number of nitrogen functional groups attached to an aromatic ring is 2. The van der Waals surface area contributed by atoms with E-state index in [0.717, 1.165) is 0 Å². The van der Waals surface area contributed by atoms with E-state index in [1.165, 1.54) is 42.5 Å². The summed E-state index contributed by atoms with van der Waals surface area (Å²) in [5.74, 6) is -0.824. The lowest BCUT2D eigenvalue weighted by Crippen LogP contribution is -2.15. The van der Waals surface area contributed by atoms with Gasteiger partial charge in [-0.1, -0.05) is 50.9 Å².